The number of aromatic nitrogens is 2. The van der Waals surface area contributed by atoms with Crippen LogP contribution in [0.3, 0.4) is 0 Å². The van der Waals surface area contributed by atoms with E-state index in [1.54, 1.807) is 0 Å². The van der Waals surface area contributed by atoms with Gasteiger partial charge in [0.1, 0.15) is 5.82 Å². The quantitative estimate of drug-likeness (QED) is 0.934. The summed E-state index contributed by atoms with van der Waals surface area (Å²) in [5.41, 5.74) is 3.35. The Kier molecular flexibility index (Phi) is 4.91. The standard InChI is InChI=1S/C19H26N4/c1-14-13-20-15(2)19(21-14)22-18-9-11-23(12-10-18)16(3)17-7-5-4-6-8-17/h4-8,13,16,18H,9-12H2,1-3H3,(H,21,22). The predicted molar refractivity (Wildman–Crippen MR) is 94.6 cm³/mol. The summed E-state index contributed by atoms with van der Waals surface area (Å²) in [4.78, 5) is 11.5. The van der Waals surface area contributed by atoms with Gasteiger partial charge in [-0.1, -0.05) is 30.3 Å². The van der Waals surface area contributed by atoms with Gasteiger partial charge in [-0.3, -0.25) is 9.88 Å². The molecule has 122 valence electrons. The van der Waals surface area contributed by atoms with Crippen LogP contribution in [0.5, 0.6) is 0 Å². The molecule has 0 saturated carbocycles. The smallest absolute Gasteiger partial charge is 0.147 e. The molecular formula is C19H26N4. The second-order valence-electron chi connectivity index (χ2n) is 6.49. The Balaban J connectivity index is 1.57. The summed E-state index contributed by atoms with van der Waals surface area (Å²) in [6.45, 7) is 8.54. The maximum Gasteiger partial charge on any atom is 0.147 e. The molecule has 1 aromatic heterocycles. The number of piperidine rings is 1. The van der Waals surface area contributed by atoms with Gasteiger partial charge in [0.15, 0.2) is 0 Å². The minimum Gasteiger partial charge on any atom is -0.366 e. The molecule has 0 spiro atoms. The number of rotatable bonds is 4. The Morgan fingerprint density at radius 3 is 2.52 bits per heavy atom. The first-order valence-electron chi connectivity index (χ1n) is 8.49. The third-order valence-electron chi connectivity index (χ3n) is 4.78. The third-order valence-corrected chi connectivity index (χ3v) is 4.78. The van der Waals surface area contributed by atoms with Crippen molar-refractivity contribution < 1.29 is 0 Å². The summed E-state index contributed by atoms with van der Waals surface area (Å²) in [5.74, 6) is 0.944. The molecule has 2 aromatic rings. The number of hydrogen-bond donors (Lipinski definition) is 1. The summed E-state index contributed by atoms with van der Waals surface area (Å²) < 4.78 is 0. The maximum absolute atomic E-state index is 4.58. The molecule has 1 unspecified atom stereocenters. The largest absolute Gasteiger partial charge is 0.366 e. The zero-order valence-corrected chi connectivity index (χ0v) is 14.3. The first kappa shape index (κ1) is 15.9. The highest BCUT2D eigenvalue weighted by molar-refractivity contribution is 5.40. The minimum absolute atomic E-state index is 0.484. The fourth-order valence-corrected chi connectivity index (χ4v) is 3.24. The van der Waals surface area contributed by atoms with Crippen molar-refractivity contribution in [1.82, 2.24) is 14.9 Å². The molecule has 0 bridgehead atoms. The molecule has 4 nitrogen and oxygen atoms in total. The molecule has 1 saturated heterocycles. The van der Waals surface area contributed by atoms with Crippen molar-refractivity contribution in [3.05, 3.63) is 53.5 Å². The van der Waals surface area contributed by atoms with Gasteiger partial charge in [-0.15, -0.1) is 0 Å². The van der Waals surface area contributed by atoms with Crippen LogP contribution in [0.1, 0.15) is 42.8 Å². The van der Waals surface area contributed by atoms with E-state index in [0.717, 1.165) is 43.1 Å². The van der Waals surface area contributed by atoms with E-state index in [1.807, 2.05) is 20.0 Å². The second kappa shape index (κ2) is 7.09. The molecule has 2 heterocycles. The summed E-state index contributed by atoms with van der Waals surface area (Å²) in [5, 5.41) is 3.59. The molecule has 1 aliphatic rings. The van der Waals surface area contributed by atoms with E-state index in [1.165, 1.54) is 5.56 Å². The van der Waals surface area contributed by atoms with Crippen LogP contribution in [0.4, 0.5) is 5.82 Å². The molecule has 3 rings (SSSR count). The van der Waals surface area contributed by atoms with Crippen LogP contribution in [0.25, 0.3) is 0 Å². The van der Waals surface area contributed by atoms with E-state index in [9.17, 15) is 0 Å². The Hall–Kier alpha value is -1.94. The number of nitrogens with zero attached hydrogens (tertiary/aromatic N) is 3. The van der Waals surface area contributed by atoms with Gasteiger partial charge in [0.05, 0.1) is 11.4 Å². The van der Waals surface area contributed by atoms with E-state index in [-0.39, 0.29) is 0 Å². The summed E-state index contributed by atoms with van der Waals surface area (Å²) in [6, 6.07) is 11.7. The summed E-state index contributed by atoms with van der Waals surface area (Å²) >= 11 is 0. The molecule has 1 N–H and O–H groups in total. The second-order valence-corrected chi connectivity index (χ2v) is 6.49. The lowest BCUT2D eigenvalue weighted by atomic mass is 10.00. The molecular weight excluding hydrogens is 284 g/mol. The van der Waals surface area contributed by atoms with Crippen molar-refractivity contribution in [1.29, 1.82) is 0 Å². The normalized spacial score (nSPS) is 17.9. The van der Waals surface area contributed by atoms with Crippen molar-refractivity contribution in [2.75, 3.05) is 18.4 Å². The Morgan fingerprint density at radius 1 is 1.13 bits per heavy atom. The molecule has 1 fully saturated rings. The summed E-state index contributed by atoms with van der Waals surface area (Å²) in [6.07, 6.45) is 4.11. The fraction of sp³-hybridized carbons (Fsp3) is 0.474. The first-order valence-corrected chi connectivity index (χ1v) is 8.49. The molecule has 0 radical (unpaired) electrons. The third kappa shape index (κ3) is 3.88. The highest BCUT2D eigenvalue weighted by atomic mass is 15.2. The van der Waals surface area contributed by atoms with Crippen molar-refractivity contribution >= 4 is 5.82 Å². The lowest BCUT2D eigenvalue weighted by Gasteiger charge is -2.36. The predicted octanol–water partition coefficient (Wildman–Crippen LogP) is 3.73. The average molecular weight is 310 g/mol. The van der Waals surface area contributed by atoms with Gasteiger partial charge in [0.2, 0.25) is 0 Å². The number of hydrogen-bond acceptors (Lipinski definition) is 4. The van der Waals surface area contributed by atoms with Gasteiger partial charge in [0.25, 0.3) is 0 Å². The number of nitrogens with one attached hydrogen (secondary N) is 1. The fourth-order valence-electron chi connectivity index (χ4n) is 3.24. The lowest BCUT2D eigenvalue weighted by molar-refractivity contribution is 0.167. The van der Waals surface area contributed by atoms with Crippen molar-refractivity contribution in [2.24, 2.45) is 0 Å². The lowest BCUT2D eigenvalue weighted by Crippen LogP contribution is -2.40. The van der Waals surface area contributed by atoms with Gasteiger partial charge in [-0.05, 0) is 39.2 Å². The number of likely N-dealkylation sites (tertiary alicyclic amines) is 1. The molecule has 4 heteroatoms. The van der Waals surface area contributed by atoms with Gasteiger partial charge in [0, 0.05) is 31.4 Å². The zero-order valence-electron chi connectivity index (χ0n) is 14.3. The van der Waals surface area contributed by atoms with Crippen LogP contribution >= 0.6 is 0 Å². The zero-order chi connectivity index (χ0) is 16.2. The molecule has 1 atom stereocenters. The van der Waals surface area contributed by atoms with Crippen molar-refractivity contribution in [3.63, 3.8) is 0 Å². The monoisotopic (exact) mass is 310 g/mol. The highest BCUT2D eigenvalue weighted by Crippen LogP contribution is 2.25. The van der Waals surface area contributed by atoms with Crippen LogP contribution in [0.15, 0.2) is 36.5 Å². The Bertz CT molecular complexity index is 633. The molecule has 1 aromatic carbocycles. The SMILES string of the molecule is Cc1cnc(C)c(NC2CCN(C(C)c3ccccc3)CC2)n1. The van der Waals surface area contributed by atoms with E-state index >= 15 is 0 Å². The van der Waals surface area contributed by atoms with Crippen LogP contribution < -0.4 is 5.32 Å². The first-order chi connectivity index (χ1) is 11.1. The summed E-state index contributed by atoms with van der Waals surface area (Å²) in [7, 11) is 0. The Labute approximate surface area is 139 Å². The van der Waals surface area contributed by atoms with Crippen LogP contribution in [-0.4, -0.2) is 34.0 Å². The van der Waals surface area contributed by atoms with Gasteiger partial charge in [-0.2, -0.15) is 0 Å². The average Bonchev–Trinajstić information content (AvgIpc) is 2.59. The highest BCUT2D eigenvalue weighted by Gasteiger charge is 2.24. The van der Waals surface area contributed by atoms with E-state index in [2.05, 4.69) is 57.4 Å². The molecule has 1 aliphatic heterocycles. The van der Waals surface area contributed by atoms with Gasteiger partial charge < -0.3 is 5.32 Å². The Morgan fingerprint density at radius 2 is 1.83 bits per heavy atom. The van der Waals surface area contributed by atoms with E-state index < -0.39 is 0 Å². The van der Waals surface area contributed by atoms with Crippen LogP contribution in [0, 0.1) is 13.8 Å². The van der Waals surface area contributed by atoms with E-state index in [4.69, 9.17) is 0 Å². The number of benzene rings is 1. The van der Waals surface area contributed by atoms with Crippen LogP contribution in [0.2, 0.25) is 0 Å². The minimum atomic E-state index is 0.484. The molecule has 23 heavy (non-hydrogen) atoms. The van der Waals surface area contributed by atoms with E-state index in [0.29, 0.717) is 12.1 Å². The number of aryl methyl sites for hydroxylation is 2. The molecule has 0 aliphatic carbocycles. The maximum atomic E-state index is 4.58. The van der Waals surface area contributed by atoms with Gasteiger partial charge >= 0.3 is 0 Å². The van der Waals surface area contributed by atoms with Crippen LogP contribution in [-0.2, 0) is 0 Å². The van der Waals surface area contributed by atoms with Gasteiger partial charge in [-0.25, -0.2) is 4.98 Å². The van der Waals surface area contributed by atoms with Crippen molar-refractivity contribution in [3.8, 4) is 0 Å². The number of anilines is 1. The topological polar surface area (TPSA) is 41.1 Å². The van der Waals surface area contributed by atoms with Crippen molar-refractivity contribution in [2.45, 2.75) is 45.7 Å². The molecule has 0 amide bonds.